The van der Waals surface area contributed by atoms with E-state index in [2.05, 4.69) is 15.2 Å². The van der Waals surface area contributed by atoms with Crippen LogP contribution in [0.3, 0.4) is 0 Å². The summed E-state index contributed by atoms with van der Waals surface area (Å²) < 4.78 is 0. The number of rotatable bonds is 2. The van der Waals surface area contributed by atoms with Crippen molar-refractivity contribution in [3.63, 3.8) is 0 Å². The van der Waals surface area contributed by atoms with Crippen molar-refractivity contribution in [2.45, 2.75) is 44.6 Å². The van der Waals surface area contributed by atoms with Gasteiger partial charge in [-0.15, -0.1) is 0 Å². The molecule has 2 fully saturated rings. The van der Waals surface area contributed by atoms with Crippen molar-refractivity contribution >= 4 is 40.0 Å². The lowest BCUT2D eigenvalue weighted by Crippen LogP contribution is -2.53. The molecule has 0 spiro atoms. The molecule has 2 aromatic rings. The highest BCUT2D eigenvalue weighted by molar-refractivity contribution is 6.31. The summed E-state index contributed by atoms with van der Waals surface area (Å²) in [4.78, 5) is 21.3. The summed E-state index contributed by atoms with van der Waals surface area (Å²) in [5, 5.41) is 4.94. The van der Waals surface area contributed by atoms with Gasteiger partial charge in [0.05, 0.1) is 5.52 Å². The minimum Gasteiger partial charge on any atom is -0.384 e. The molecular formula is C21H28ClN5O. The number of carbonyl (C=O) groups is 1. The quantitative estimate of drug-likeness (QED) is 0.745. The van der Waals surface area contributed by atoms with E-state index >= 15 is 0 Å². The molecule has 2 aliphatic rings. The van der Waals surface area contributed by atoms with Gasteiger partial charge in [0.25, 0.3) is 0 Å². The summed E-state index contributed by atoms with van der Waals surface area (Å²) >= 11 is 6.11. The maximum Gasteiger partial charge on any atom is 0.317 e. The summed E-state index contributed by atoms with van der Waals surface area (Å²) in [7, 11) is 0. The number of nitrogens with zero attached hydrogens (tertiary/aromatic N) is 3. The second kappa shape index (κ2) is 8.43. The van der Waals surface area contributed by atoms with Gasteiger partial charge in [-0.3, -0.25) is 0 Å². The average Bonchev–Trinajstić information content (AvgIpc) is 2.96. The van der Waals surface area contributed by atoms with Crippen LogP contribution in [0.5, 0.6) is 0 Å². The van der Waals surface area contributed by atoms with Gasteiger partial charge in [-0.25, -0.2) is 9.78 Å². The monoisotopic (exact) mass is 401 g/mol. The third kappa shape index (κ3) is 4.27. The van der Waals surface area contributed by atoms with Crippen molar-refractivity contribution in [1.82, 2.24) is 15.2 Å². The zero-order valence-electron chi connectivity index (χ0n) is 16.2. The van der Waals surface area contributed by atoms with Gasteiger partial charge < -0.3 is 20.9 Å². The van der Waals surface area contributed by atoms with Crippen LogP contribution in [0.4, 0.5) is 16.3 Å². The first-order valence-electron chi connectivity index (χ1n) is 10.3. The van der Waals surface area contributed by atoms with Crippen LogP contribution in [0.15, 0.2) is 24.3 Å². The second-order valence-electron chi connectivity index (χ2n) is 7.84. The van der Waals surface area contributed by atoms with E-state index in [0.717, 1.165) is 42.5 Å². The van der Waals surface area contributed by atoms with Crippen LogP contribution >= 0.6 is 11.6 Å². The van der Waals surface area contributed by atoms with Crippen molar-refractivity contribution in [2.75, 3.05) is 36.8 Å². The van der Waals surface area contributed by atoms with Crippen LogP contribution < -0.4 is 16.0 Å². The summed E-state index contributed by atoms with van der Waals surface area (Å²) in [5.74, 6) is 0.485. The molecule has 1 saturated heterocycles. The highest BCUT2D eigenvalue weighted by Gasteiger charge is 2.24. The number of urea groups is 1. The zero-order valence-corrected chi connectivity index (χ0v) is 16.9. The number of halogens is 1. The maximum atomic E-state index is 12.7. The minimum absolute atomic E-state index is 0.0810. The lowest BCUT2D eigenvalue weighted by Gasteiger charge is -2.37. The first-order chi connectivity index (χ1) is 13.6. The Labute approximate surface area is 171 Å². The van der Waals surface area contributed by atoms with Gasteiger partial charge in [0.15, 0.2) is 0 Å². The number of hydrogen-bond donors (Lipinski definition) is 2. The number of fused-ring (bicyclic) bond motifs is 1. The molecular weight excluding hydrogens is 374 g/mol. The number of aromatic nitrogens is 1. The lowest BCUT2D eigenvalue weighted by molar-refractivity contribution is 0.189. The molecule has 4 rings (SSSR count). The van der Waals surface area contributed by atoms with Crippen LogP contribution in [-0.2, 0) is 0 Å². The molecule has 7 heteroatoms. The number of benzene rings is 1. The number of anilines is 2. The SMILES string of the molecule is Nc1cc(N2CCN(C(=O)NC3CCCCCC3)CC2)c2ccc(Cl)cc2n1. The number of amides is 2. The van der Waals surface area contributed by atoms with E-state index in [9.17, 15) is 4.79 Å². The Morgan fingerprint density at radius 2 is 1.79 bits per heavy atom. The first kappa shape index (κ1) is 19.1. The normalized spacial score (nSPS) is 18.9. The predicted octanol–water partition coefficient (Wildman–Crippen LogP) is 4.02. The second-order valence-corrected chi connectivity index (χ2v) is 8.28. The molecule has 2 amide bonds. The van der Waals surface area contributed by atoms with Crippen LogP contribution in [0.25, 0.3) is 10.9 Å². The number of nitrogens with two attached hydrogens (primary N) is 1. The fourth-order valence-corrected chi connectivity index (χ4v) is 4.47. The summed E-state index contributed by atoms with van der Waals surface area (Å²) in [6.45, 7) is 2.96. The molecule has 1 aliphatic heterocycles. The van der Waals surface area contributed by atoms with E-state index in [4.69, 9.17) is 17.3 Å². The lowest BCUT2D eigenvalue weighted by atomic mass is 10.1. The Morgan fingerprint density at radius 1 is 1.07 bits per heavy atom. The molecule has 1 saturated carbocycles. The molecule has 0 atom stereocenters. The van der Waals surface area contributed by atoms with Gasteiger partial charge in [-0.2, -0.15) is 0 Å². The van der Waals surface area contributed by atoms with Crippen LogP contribution in [0.2, 0.25) is 5.02 Å². The molecule has 0 unspecified atom stereocenters. The largest absolute Gasteiger partial charge is 0.384 e. The van der Waals surface area contributed by atoms with E-state index < -0.39 is 0 Å². The smallest absolute Gasteiger partial charge is 0.317 e. The number of pyridine rings is 1. The fraction of sp³-hybridized carbons (Fsp3) is 0.524. The Hall–Kier alpha value is -2.21. The molecule has 1 aromatic heterocycles. The molecule has 0 bridgehead atoms. The standard InChI is InChI=1S/C21H28ClN5O/c22-15-7-8-17-18(13-15)25-20(23)14-19(17)26-9-11-27(12-10-26)21(28)24-16-5-3-1-2-4-6-16/h7-8,13-14,16H,1-6,9-12H2,(H2,23,25)(H,24,28). The maximum absolute atomic E-state index is 12.7. The Balaban J connectivity index is 1.41. The fourth-order valence-electron chi connectivity index (χ4n) is 4.30. The Morgan fingerprint density at radius 3 is 2.50 bits per heavy atom. The summed E-state index contributed by atoms with van der Waals surface area (Å²) in [6.07, 6.45) is 7.24. The Bertz CT molecular complexity index is 837. The van der Waals surface area contributed by atoms with Gasteiger partial charge in [-0.1, -0.05) is 37.3 Å². The van der Waals surface area contributed by atoms with Gasteiger partial charge in [0, 0.05) is 54.4 Å². The van der Waals surface area contributed by atoms with Crippen molar-refractivity contribution in [1.29, 1.82) is 0 Å². The number of carbonyl (C=O) groups excluding carboxylic acids is 1. The topological polar surface area (TPSA) is 74.5 Å². The molecule has 28 heavy (non-hydrogen) atoms. The van der Waals surface area contributed by atoms with Crippen molar-refractivity contribution < 1.29 is 4.79 Å². The molecule has 2 heterocycles. The number of hydrogen-bond acceptors (Lipinski definition) is 4. The van der Waals surface area contributed by atoms with Gasteiger partial charge in [0.1, 0.15) is 5.82 Å². The Kier molecular flexibility index (Phi) is 5.76. The molecule has 1 aliphatic carbocycles. The summed E-state index contributed by atoms with van der Waals surface area (Å²) in [6, 6.07) is 8.04. The van der Waals surface area contributed by atoms with E-state index in [1.165, 1.54) is 25.7 Å². The van der Waals surface area contributed by atoms with E-state index in [1.54, 1.807) is 0 Å². The molecule has 6 nitrogen and oxygen atoms in total. The summed E-state index contributed by atoms with van der Waals surface area (Å²) in [5.41, 5.74) is 7.88. The highest BCUT2D eigenvalue weighted by atomic mass is 35.5. The number of nitrogens with one attached hydrogen (secondary N) is 1. The highest BCUT2D eigenvalue weighted by Crippen LogP contribution is 2.30. The molecule has 0 radical (unpaired) electrons. The first-order valence-corrected chi connectivity index (χ1v) is 10.6. The minimum atomic E-state index is 0.0810. The third-order valence-electron chi connectivity index (χ3n) is 5.86. The van der Waals surface area contributed by atoms with Crippen LogP contribution in [-0.4, -0.2) is 48.1 Å². The van der Waals surface area contributed by atoms with Gasteiger partial charge in [-0.05, 0) is 31.0 Å². The zero-order chi connectivity index (χ0) is 19.5. The third-order valence-corrected chi connectivity index (χ3v) is 6.10. The van der Waals surface area contributed by atoms with E-state index in [-0.39, 0.29) is 6.03 Å². The molecule has 150 valence electrons. The van der Waals surface area contributed by atoms with Crippen molar-refractivity contribution in [3.05, 3.63) is 29.3 Å². The average molecular weight is 402 g/mol. The molecule has 3 N–H and O–H groups in total. The van der Waals surface area contributed by atoms with Crippen molar-refractivity contribution in [2.24, 2.45) is 0 Å². The van der Waals surface area contributed by atoms with Crippen LogP contribution in [0.1, 0.15) is 38.5 Å². The van der Waals surface area contributed by atoms with Crippen molar-refractivity contribution in [3.8, 4) is 0 Å². The molecule has 1 aromatic carbocycles. The van der Waals surface area contributed by atoms with Gasteiger partial charge in [0.2, 0.25) is 0 Å². The van der Waals surface area contributed by atoms with E-state index in [1.807, 2.05) is 29.2 Å². The van der Waals surface area contributed by atoms with Gasteiger partial charge >= 0.3 is 6.03 Å². The number of nitrogen functional groups attached to an aromatic ring is 1. The van der Waals surface area contributed by atoms with E-state index in [0.29, 0.717) is 30.0 Å². The van der Waals surface area contributed by atoms with Crippen LogP contribution in [0, 0.1) is 0 Å². The number of piperazine rings is 1. The predicted molar refractivity (Wildman–Crippen MR) is 115 cm³/mol.